The van der Waals surface area contributed by atoms with Crippen LogP contribution in [0.2, 0.25) is 0 Å². The van der Waals surface area contributed by atoms with Crippen LogP contribution in [0.5, 0.6) is 23.0 Å². The molecule has 100 valence electrons. The zero-order chi connectivity index (χ0) is 13.7. The first kappa shape index (κ1) is 14.2. The number of carbonyl (C=O) groups excluding carboxylic acids is 1. The first-order valence-electron chi connectivity index (χ1n) is 5.74. The van der Waals surface area contributed by atoms with Crippen LogP contribution in [0, 0.1) is 0 Å². The molecule has 1 aromatic rings. The van der Waals surface area contributed by atoms with Gasteiger partial charge in [-0.3, -0.25) is 4.79 Å². The molecule has 1 N–H and O–H groups in total. The summed E-state index contributed by atoms with van der Waals surface area (Å²) >= 11 is 0. The molecule has 18 heavy (non-hydrogen) atoms. The maximum Gasteiger partial charge on any atom is 0.204 e. The van der Waals surface area contributed by atoms with Gasteiger partial charge in [-0.25, -0.2) is 0 Å². The molecule has 1 aromatic carbocycles. The second-order valence-electron chi connectivity index (χ2n) is 3.54. The Hall–Kier alpha value is -1.91. The SMILES string of the molecule is CCOc1c(OC)cc(OC)c(C(=O)CC)c1O. The first-order chi connectivity index (χ1) is 8.60. The summed E-state index contributed by atoms with van der Waals surface area (Å²) in [5.74, 6) is 0.323. The number of carbonyl (C=O) groups is 1. The molecule has 0 aromatic heterocycles. The Morgan fingerprint density at radius 1 is 1.22 bits per heavy atom. The predicted octanol–water partition coefficient (Wildman–Crippen LogP) is 2.40. The third-order valence-electron chi connectivity index (χ3n) is 2.51. The molecule has 0 atom stereocenters. The van der Waals surface area contributed by atoms with E-state index in [9.17, 15) is 9.90 Å². The van der Waals surface area contributed by atoms with E-state index in [0.717, 1.165) is 0 Å². The van der Waals surface area contributed by atoms with Crippen molar-refractivity contribution in [3.63, 3.8) is 0 Å². The standard InChI is InChI=1S/C13H18O5/c1-5-8(14)11-9(16-3)7-10(17-4)13(12(11)15)18-6-2/h7,15H,5-6H2,1-4H3. The lowest BCUT2D eigenvalue weighted by atomic mass is 10.0. The average Bonchev–Trinajstić information content (AvgIpc) is 2.39. The number of hydrogen-bond donors (Lipinski definition) is 1. The number of phenols is 1. The van der Waals surface area contributed by atoms with Gasteiger partial charge in [0.1, 0.15) is 11.3 Å². The van der Waals surface area contributed by atoms with Crippen LogP contribution in [-0.4, -0.2) is 31.7 Å². The number of Topliss-reactive ketones (excluding diaryl/α,β-unsaturated/α-hetero) is 1. The van der Waals surface area contributed by atoms with Crippen molar-refractivity contribution in [1.82, 2.24) is 0 Å². The molecule has 0 bridgehead atoms. The minimum absolute atomic E-state index is 0.129. The molecule has 0 amide bonds. The van der Waals surface area contributed by atoms with E-state index >= 15 is 0 Å². The van der Waals surface area contributed by atoms with Gasteiger partial charge in [0.2, 0.25) is 5.75 Å². The lowest BCUT2D eigenvalue weighted by molar-refractivity contribution is 0.0981. The molecule has 0 heterocycles. The number of methoxy groups -OCH3 is 2. The van der Waals surface area contributed by atoms with Gasteiger partial charge in [0, 0.05) is 12.5 Å². The van der Waals surface area contributed by atoms with E-state index < -0.39 is 0 Å². The highest BCUT2D eigenvalue weighted by Gasteiger charge is 2.24. The third-order valence-corrected chi connectivity index (χ3v) is 2.51. The fraction of sp³-hybridized carbons (Fsp3) is 0.462. The predicted molar refractivity (Wildman–Crippen MR) is 67.0 cm³/mol. The molecule has 0 aliphatic heterocycles. The number of hydrogen-bond acceptors (Lipinski definition) is 5. The Balaban J connectivity index is 3.49. The van der Waals surface area contributed by atoms with E-state index in [4.69, 9.17) is 14.2 Å². The number of aromatic hydroxyl groups is 1. The number of ether oxygens (including phenoxy) is 3. The van der Waals surface area contributed by atoms with Crippen LogP contribution in [0.4, 0.5) is 0 Å². The highest BCUT2D eigenvalue weighted by atomic mass is 16.5. The van der Waals surface area contributed by atoms with Crippen LogP contribution < -0.4 is 14.2 Å². The molecule has 0 fully saturated rings. The summed E-state index contributed by atoms with van der Waals surface area (Å²) < 4.78 is 15.5. The van der Waals surface area contributed by atoms with Crippen LogP contribution in [0.15, 0.2) is 6.07 Å². The lowest BCUT2D eigenvalue weighted by Gasteiger charge is -2.16. The quantitative estimate of drug-likeness (QED) is 0.790. The fourth-order valence-corrected chi connectivity index (χ4v) is 1.65. The van der Waals surface area contributed by atoms with E-state index in [2.05, 4.69) is 0 Å². The smallest absolute Gasteiger partial charge is 0.204 e. The van der Waals surface area contributed by atoms with Gasteiger partial charge < -0.3 is 19.3 Å². The molecule has 5 nitrogen and oxygen atoms in total. The minimum Gasteiger partial charge on any atom is -0.504 e. The van der Waals surface area contributed by atoms with Crippen LogP contribution in [0.25, 0.3) is 0 Å². The maximum absolute atomic E-state index is 11.8. The van der Waals surface area contributed by atoms with Crippen LogP contribution >= 0.6 is 0 Å². The Morgan fingerprint density at radius 3 is 2.28 bits per heavy atom. The highest BCUT2D eigenvalue weighted by molar-refractivity contribution is 6.02. The molecule has 0 spiro atoms. The Labute approximate surface area is 106 Å². The molecular formula is C13H18O5. The van der Waals surface area contributed by atoms with Crippen molar-refractivity contribution in [1.29, 1.82) is 0 Å². The van der Waals surface area contributed by atoms with Crippen LogP contribution in [0.3, 0.4) is 0 Å². The zero-order valence-electron chi connectivity index (χ0n) is 11.1. The third kappa shape index (κ3) is 2.50. The van der Waals surface area contributed by atoms with Gasteiger partial charge in [-0.1, -0.05) is 6.92 Å². The molecule has 0 radical (unpaired) electrons. The highest BCUT2D eigenvalue weighted by Crippen LogP contribution is 2.44. The van der Waals surface area contributed by atoms with Crippen molar-refractivity contribution in [2.45, 2.75) is 20.3 Å². The van der Waals surface area contributed by atoms with Crippen molar-refractivity contribution in [3.8, 4) is 23.0 Å². The largest absolute Gasteiger partial charge is 0.504 e. The average molecular weight is 254 g/mol. The molecule has 0 saturated carbocycles. The van der Waals surface area contributed by atoms with Gasteiger partial charge >= 0.3 is 0 Å². The molecule has 0 aliphatic rings. The second kappa shape index (κ2) is 6.14. The first-order valence-corrected chi connectivity index (χ1v) is 5.74. The maximum atomic E-state index is 11.8. The molecular weight excluding hydrogens is 236 g/mol. The van der Waals surface area contributed by atoms with Gasteiger partial charge in [-0.05, 0) is 6.92 Å². The lowest BCUT2D eigenvalue weighted by Crippen LogP contribution is -2.05. The molecule has 1 rings (SSSR count). The Morgan fingerprint density at radius 2 is 1.83 bits per heavy atom. The van der Waals surface area contributed by atoms with Crippen molar-refractivity contribution in [2.24, 2.45) is 0 Å². The summed E-state index contributed by atoms with van der Waals surface area (Å²) in [5.41, 5.74) is 0.129. The van der Waals surface area contributed by atoms with Crippen LogP contribution in [0.1, 0.15) is 30.6 Å². The number of rotatable bonds is 6. The van der Waals surface area contributed by atoms with E-state index in [1.807, 2.05) is 0 Å². The van der Waals surface area contributed by atoms with Gasteiger partial charge in [0.15, 0.2) is 17.3 Å². The van der Waals surface area contributed by atoms with E-state index in [-0.39, 0.29) is 35.0 Å². The normalized spacial score (nSPS) is 10.0. The minimum atomic E-state index is -0.236. The van der Waals surface area contributed by atoms with E-state index in [1.54, 1.807) is 13.8 Å². The van der Waals surface area contributed by atoms with E-state index in [0.29, 0.717) is 12.4 Å². The zero-order valence-corrected chi connectivity index (χ0v) is 11.1. The molecule has 0 aliphatic carbocycles. The van der Waals surface area contributed by atoms with Crippen molar-refractivity contribution in [3.05, 3.63) is 11.6 Å². The summed E-state index contributed by atoms with van der Waals surface area (Å²) in [6.07, 6.45) is 0.266. The monoisotopic (exact) mass is 254 g/mol. The molecule has 5 heteroatoms. The number of phenolic OH excluding ortho intramolecular Hbond substituents is 1. The number of benzene rings is 1. The topological polar surface area (TPSA) is 65.0 Å². The number of ketones is 1. The van der Waals surface area contributed by atoms with Crippen LogP contribution in [-0.2, 0) is 0 Å². The van der Waals surface area contributed by atoms with Gasteiger partial charge in [-0.15, -0.1) is 0 Å². The summed E-state index contributed by atoms with van der Waals surface area (Å²) in [6, 6.07) is 1.54. The second-order valence-corrected chi connectivity index (χ2v) is 3.54. The summed E-state index contributed by atoms with van der Waals surface area (Å²) in [5, 5.41) is 10.1. The van der Waals surface area contributed by atoms with E-state index in [1.165, 1.54) is 20.3 Å². The Kier molecular flexibility index (Phi) is 4.83. The van der Waals surface area contributed by atoms with Crippen molar-refractivity contribution < 1.29 is 24.1 Å². The molecule has 0 unspecified atom stereocenters. The van der Waals surface area contributed by atoms with Crippen molar-refractivity contribution >= 4 is 5.78 Å². The summed E-state index contributed by atoms with van der Waals surface area (Å²) in [6.45, 7) is 3.85. The van der Waals surface area contributed by atoms with Gasteiger partial charge in [-0.2, -0.15) is 0 Å². The van der Waals surface area contributed by atoms with Gasteiger partial charge in [0.25, 0.3) is 0 Å². The Bertz CT molecular complexity index is 439. The van der Waals surface area contributed by atoms with Crippen molar-refractivity contribution in [2.75, 3.05) is 20.8 Å². The fourth-order valence-electron chi connectivity index (χ4n) is 1.65. The summed E-state index contributed by atoms with van der Waals surface area (Å²) in [4.78, 5) is 11.8. The summed E-state index contributed by atoms with van der Waals surface area (Å²) in [7, 11) is 2.89. The van der Waals surface area contributed by atoms with Gasteiger partial charge in [0.05, 0.1) is 20.8 Å². The molecule has 0 saturated heterocycles.